The Morgan fingerprint density at radius 1 is 1.40 bits per heavy atom. The molecule has 1 aliphatic heterocycles. The van der Waals surface area contributed by atoms with Crippen LogP contribution in [0.25, 0.3) is 0 Å². The summed E-state index contributed by atoms with van der Waals surface area (Å²) in [5.41, 5.74) is 8.12. The summed E-state index contributed by atoms with van der Waals surface area (Å²) in [4.78, 5) is 24.6. The van der Waals surface area contributed by atoms with Crippen LogP contribution in [0.15, 0.2) is 29.6 Å². The van der Waals surface area contributed by atoms with Gasteiger partial charge in [0, 0.05) is 17.3 Å². The maximum atomic E-state index is 12.2. The first-order valence-corrected chi connectivity index (χ1v) is 6.13. The number of fused-ring (bicyclic) bond motifs is 1. The van der Waals surface area contributed by atoms with Gasteiger partial charge in [-0.2, -0.15) is 0 Å². The number of hydrazine groups is 1. The molecule has 7 nitrogen and oxygen atoms in total. The van der Waals surface area contributed by atoms with Crippen LogP contribution < -0.4 is 21.9 Å². The van der Waals surface area contributed by atoms with Gasteiger partial charge in [0.15, 0.2) is 5.70 Å². The number of hydrogen-bond acceptors (Lipinski definition) is 5. The van der Waals surface area contributed by atoms with Crippen molar-refractivity contribution in [2.24, 2.45) is 11.6 Å². The quantitative estimate of drug-likeness (QED) is 0.352. The first kappa shape index (κ1) is 14.2. The van der Waals surface area contributed by atoms with Crippen LogP contribution in [0.3, 0.4) is 0 Å². The molecular formula is C12H13ClN4O3. The molecule has 1 aromatic rings. The average molecular weight is 297 g/mol. The SMILES string of the molecule is NN/C(C(=O)O)=C(\N)C(=O)N1CCc2cc(Cl)ccc21. The number of rotatable bonds is 3. The van der Waals surface area contributed by atoms with Gasteiger partial charge >= 0.3 is 5.97 Å². The number of carboxylic acid groups (broad SMARTS) is 1. The predicted molar refractivity (Wildman–Crippen MR) is 73.7 cm³/mol. The number of carbonyl (C=O) groups is 2. The fourth-order valence-electron chi connectivity index (χ4n) is 2.09. The van der Waals surface area contributed by atoms with Gasteiger partial charge in [-0.3, -0.25) is 10.6 Å². The van der Waals surface area contributed by atoms with Gasteiger partial charge in [-0.1, -0.05) is 11.6 Å². The van der Waals surface area contributed by atoms with Crippen molar-refractivity contribution in [3.8, 4) is 0 Å². The molecule has 8 heteroatoms. The monoisotopic (exact) mass is 296 g/mol. The molecule has 0 saturated heterocycles. The highest BCUT2D eigenvalue weighted by atomic mass is 35.5. The van der Waals surface area contributed by atoms with E-state index in [4.69, 9.17) is 28.3 Å². The number of hydrogen-bond donors (Lipinski definition) is 4. The number of anilines is 1. The van der Waals surface area contributed by atoms with Crippen molar-refractivity contribution in [3.05, 3.63) is 40.2 Å². The maximum Gasteiger partial charge on any atom is 0.355 e. The van der Waals surface area contributed by atoms with Crippen LogP contribution in [0.5, 0.6) is 0 Å². The molecule has 6 N–H and O–H groups in total. The van der Waals surface area contributed by atoms with E-state index in [2.05, 4.69) is 0 Å². The van der Waals surface area contributed by atoms with Gasteiger partial charge in [0.05, 0.1) is 0 Å². The highest BCUT2D eigenvalue weighted by Gasteiger charge is 2.28. The number of aliphatic carboxylic acids is 1. The van der Waals surface area contributed by atoms with Crippen molar-refractivity contribution in [2.75, 3.05) is 11.4 Å². The molecule has 106 valence electrons. The van der Waals surface area contributed by atoms with Gasteiger partial charge in [0.1, 0.15) is 5.70 Å². The average Bonchev–Trinajstić information content (AvgIpc) is 2.80. The number of nitrogens with zero attached hydrogens (tertiary/aromatic N) is 1. The number of amides is 1. The Bertz CT molecular complexity index is 615. The predicted octanol–water partition coefficient (Wildman–Crippen LogP) is -0.0527. The summed E-state index contributed by atoms with van der Waals surface area (Å²) in [6, 6.07) is 5.13. The lowest BCUT2D eigenvalue weighted by Gasteiger charge is -2.18. The molecular weight excluding hydrogens is 284 g/mol. The van der Waals surface area contributed by atoms with Gasteiger partial charge < -0.3 is 21.2 Å². The third kappa shape index (κ3) is 2.40. The fourth-order valence-corrected chi connectivity index (χ4v) is 2.28. The summed E-state index contributed by atoms with van der Waals surface area (Å²) in [6.45, 7) is 0.409. The number of benzene rings is 1. The van der Waals surface area contributed by atoms with E-state index in [1.807, 2.05) is 5.43 Å². The van der Waals surface area contributed by atoms with Crippen LogP contribution in [-0.4, -0.2) is 23.5 Å². The fraction of sp³-hybridized carbons (Fsp3) is 0.167. The number of carboxylic acids is 1. The number of nitrogens with one attached hydrogen (secondary N) is 1. The Hall–Kier alpha value is -2.25. The van der Waals surface area contributed by atoms with E-state index in [1.54, 1.807) is 18.2 Å². The van der Waals surface area contributed by atoms with Crippen molar-refractivity contribution < 1.29 is 14.7 Å². The second-order valence-corrected chi connectivity index (χ2v) is 4.65. The summed E-state index contributed by atoms with van der Waals surface area (Å²) in [5.74, 6) is 3.06. The Morgan fingerprint density at radius 2 is 2.10 bits per heavy atom. The van der Waals surface area contributed by atoms with Gasteiger partial charge in [-0.05, 0) is 30.2 Å². The highest BCUT2D eigenvalue weighted by Crippen LogP contribution is 2.31. The lowest BCUT2D eigenvalue weighted by Crippen LogP contribution is -2.39. The molecule has 0 aromatic heterocycles. The van der Waals surface area contributed by atoms with Crippen molar-refractivity contribution in [2.45, 2.75) is 6.42 Å². The highest BCUT2D eigenvalue weighted by molar-refractivity contribution is 6.30. The molecule has 20 heavy (non-hydrogen) atoms. The topological polar surface area (TPSA) is 122 Å². The lowest BCUT2D eigenvalue weighted by molar-refractivity contribution is -0.133. The van der Waals surface area contributed by atoms with E-state index in [0.29, 0.717) is 23.7 Å². The normalized spacial score (nSPS) is 14.6. The Morgan fingerprint density at radius 3 is 2.70 bits per heavy atom. The number of carbonyl (C=O) groups excluding carboxylic acids is 1. The van der Waals surface area contributed by atoms with E-state index < -0.39 is 23.3 Å². The first-order valence-electron chi connectivity index (χ1n) is 5.75. The zero-order valence-electron chi connectivity index (χ0n) is 10.4. The summed E-state index contributed by atoms with van der Waals surface area (Å²) >= 11 is 5.89. The molecule has 2 rings (SSSR count). The summed E-state index contributed by atoms with van der Waals surface area (Å²) in [5, 5.41) is 9.48. The molecule has 0 aliphatic carbocycles. The third-order valence-electron chi connectivity index (χ3n) is 3.04. The lowest BCUT2D eigenvalue weighted by atomic mass is 10.2. The largest absolute Gasteiger partial charge is 0.476 e. The Labute approximate surface area is 119 Å². The third-order valence-corrected chi connectivity index (χ3v) is 3.28. The van der Waals surface area contributed by atoms with Crippen LogP contribution in [0.4, 0.5) is 5.69 Å². The van der Waals surface area contributed by atoms with Crippen molar-refractivity contribution in [1.29, 1.82) is 0 Å². The first-order chi connectivity index (χ1) is 9.45. The van der Waals surface area contributed by atoms with Gasteiger partial charge in [-0.25, -0.2) is 4.79 Å². The van der Waals surface area contributed by atoms with E-state index >= 15 is 0 Å². The number of nitrogens with two attached hydrogens (primary N) is 2. The van der Waals surface area contributed by atoms with Crippen molar-refractivity contribution in [1.82, 2.24) is 5.43 Å². The van der Waals surface area contributed by atoms with Gasteiger partial charge in [0.25, 0.3) is 5.91 Å². The molecule has 1 aliphatic rings. The summed E-state index contributed by atoms with van der Waals surface area (Å²) in [7, 11) is 0. The molecule has 1 amide bonds. The smallest absolute Gasteiger partial charge is 0.355 e. The van der Waals surface area contributed by atoms with E-state index in [9.17, 15) is 9.59 Å². The van der Waals surface area contributed by atoms with E-state index in [-0.39, 0.29) is 0 Å². The Kier molecular flexibility index (Phi) is 3.82. The standard InChI is InChI=1S/C12H13ClN4O3/c13-7-1-2-8-6(5-7)3-4-17(8)11(18)9(14)10(16-15)12(19)20/h1-2,5,16H,3-4,14-15H2,(H,19,20)/b10-9-. The summed E-state index contributed by atoms with van der Waals surface area (Å²) < 4.78 is 0. The molecule has 0 spiro atoms. The maximum absolute atomic E-state index is 12.2. The van der Waals surface area contributed by atoms with Crippen molar-refractivity contribution >= 4 is 29.2 Å². The van der Waals surface area contributed by atoms with Gasteiger partial charge in [0.2, 0.25) is 0 Å². The van der Waals surface area contributed by atoms with Crippen LogP contribution in [0, 0.1) is 0 Å². The summed E-state index contributed by atoms with van der Waals surface area (Å²) in [6.07, 6.45) is 0.632. The zero-order chi connectivity index (χ0) is 14.9. The minimum atomic E-state index is -1.39. The Balaban J connectivity index is 2.36. The van der Waals surface area contributed by atoms with E-state index in [0.717, 1.165) is 5.56 Å². The van der Waals surface area contributed by atoms with Crippen LogP contribution in [-0.2, 0) is 16.0 Å². The molecule has 1 aromatic carbocycles. The molecule has 0 unspecified atom stereocenters. The van der Waals surface area contributed by atoms with E-state index in [1.165, 1.54) is 4.90 Å². The zero-order valence-corrected chi connectivity index (χ0v) is 11.1. The molecule has 1 heterocycles. The molecule has 0 saturated carbocycles. The molecule has 0 fully saturated rings. The second kappa shape index (κ2) is 5.40. The van der Waals surface area contributed by atoms with Crippen LogP contribution >= 0.6 is 11.6 Å². The van der Waals surface area contributed by atoms with Crippen molar-refractivity contribution in [3.63, 3.8) is 0 Å². The molecule has 0 radical (unpaired) electrons. The van der Waals surface area contributed by atoms with Gasteiger partial charge in [-0.15, -0.1) is 0 Å². The number of halogens is 1. The minimum absolute atomic E-state index is 0.409. The second-order valence-electron chi connectivity index (χ2n) is 4.22. The van der Waals surface area contributed by atoms with Crippen LogP contribution in [0.1, 0.15) is 5.56 Å². The molecule has 0 atom stereocenters. The van der Waals surface area contributed by atoms with Crippen LogP contribution in [0.2, 0.25) is 5.02 Å². The minimum Gasteiger partial charge on any atom is -0.476 e. The molecule has 0 bridgehead atoms.